The van der Waals surface area contributed by atoms with Gasteiger partial charge in [-0.25, -0.2) is 4.98 Å². The van der Waals surface area contributed by atoms with Gasteiger partial charge in [0.2, 0.25) is 5.91 Å². The van der Waals surface area contributed by atoms with Gasteiger partial charge in [0.05, 0.1) is 11.1 Å². The van der Waals surface area contributed by atoms with Gasteiger partial charge in [-0.1, -0.05) is 24.3 Å². The van der Waals surface area contributed by atoms with Crippen molar-refractivity contribution in [1.82, 2.24) is 9.55 Å². The Morgan fingerprint density at radius 2 is 1.97 bits per heavy atom. The number of Topliss-reactive ketones (excluding diaryl/α,β-unsaturated/α-hetero) is 1. The summed E-state index contributed by atoms with van der Waals surface area (Å²) in [6.45, 7) is 5.63. The topological polar surface area (TPSA) is 81.1 Å². The van der Waals surface area contributed by atoms with Crippen molar-refractivity contribution < 1.29 is 9.59 Å². The third-order valence-electron chi connectivity index (χ3n) is 5.51. The molecule has 1 aromatic carbocycles. The molecule has 1 amide bonds. The lowest BCUT2D eigenvalue weighted by atomic mass is 10.1. The highest BCUT2D eigenvalue weighted by Gasteiger charge is 2.21. The first-order chi connectivity index (χ1) is 15.5. The van der Waals surface area contributed by atoms with Crippen LogP contribution in [0.4, 0.5) is 5.69 Å². The Hall–Kier alpha value is -2.71. The molecular formula is C24H25N3O3S2. The van der Waals surface area contributed by atoms with E-state index in [1.807, 2.05) is 0 Å². The van der Waals surface area contributed by atoms with Crippen molar-refractivity contribution in [3.8, 4) is 0 Å². The van der Waals surface area contributed by atoms with E-state index in [0.29, 0.717) is 23.0 Å². The Morgan fingerprint density at radius 1 is 1.22 bits per heavy atom. The Balaban J connectivity index is 1.56. The summed E-state index contributed by atoms with van der Waals surface area (Å²) < 4.78 is 1.62. The molecule has 1 N–H and O–H groups in total. The van der Waals surface area contributed by atoms with Gasteiger partial charge in [-0.15, -0.1) is 17.9 Å². The van der Waals surface area contributed by atoms with Crippen molar-refractivity contribution in [2.75, 3.05) is 11.1 Å². The SMILES string of the molecule is C=CCn1c(SCC(=O)Nc2ccc(C(C)=O)cc2)nc2sc3c(c2c1=O)CCCCC3. The van der Waals surface area contributed by atoms with E-state index < -0.39 is 0 Å². The second-order valence-corrected chi connectivity index (χ2v) is 9.84. The van der Waals surface area contributed by atoms with E-state index >= 15 is 0 Å². The van der Waals surface area contributed by atoms with Crippen LogP contribution in [0.5, 0.6) is 0 Å². The molecule has 1 aliphatic carbocycles. The number of anilines is 1. The van der Waals surface area contributed by atoms with Gasteiger partial charge in [0.1, 0.15) is 4.83 Å². The standard InChI is InChI=1S/C24H25N3O3S2/c1-3-13-27-23(30)21-18-7-5-4-6-8-19(18)32-22(21)26-24(27)31-14-20(29)25-17-11-9-16(10-12-17)15(2)28/h3,9-12H,1,4-8,13-14H2,2H3,(H,25,29). The first-order valence-electron chi connectivity index (χ1n) is 10.7. The predicted molar refractivity (Wildman–Crippen MR) is 131 cm³/mol. The number of ketones is 1. The van der Waals surface area contributed by atoms with E-state index in [0.717, 1.165) is 35.9 Å². The van der Waals surface area contributed by atoms with Crippen LogP contribution in [0.15, 0.2) is 46.9 Å². The van der Waals surface area contributed by atoms with E-state index in [4.69, 9.17) is 4.98 Å². The van der Waals surface area contributed by atoms with Crippen LogP contribution in [-0.2, 0) is 24.2 Å². The Labute approximate surface area is 194 Å². The first-order valence-corrected chi connectivity index (χ1v) is 12.5. The molecule has 0 saturated carbocycles. The molecule has 0 spiro atoms. The Bertz CT molecular complexity index is 1240. The fourth-order valence-corrected chi connectivity index (χ4v) is 6.02. The number of hydrogen-bond acceptors (Lipinski definition) is 6. The van der Waals surface area contributed by atoms with E-state index in [-0.39, 0.29) is 23.0 Å². The Morgan fingerprint density at radius 3 is 2.69 bits per heavy atom. The highest BCUT2D eigenvalue weighted by atomic mass is 32.2. The lowest BCUT2D eigenvalue weighted by Crippen LogP contribution is -2.24. The molecule has 8 heteroatoms. The van der Waals surface area contributed by atoms with Crippen molar-refractivity contribution in [2.45, 2.75) is 50.7 Å². The van der Waals surface area contributed by atoms with Crippen molar-refractivity contribution in [3.63, 3.8) is 0 Å². The van der Waals surface area contributed by atoms with Crippen LogP contribution in [-0.4, -0.2) is 27.0 Å². The van der Waals surface area contributed by atoms with Gasteiger partial charge in [0.25, 0.3) is 5.56 Å². The van der Waals surface area contributed by atoms with Gasteiger partial charge in [-0.3, -0.25) is 19.0 Å². The number of thioether (sulfide) groups is 1. The smallest absolute Gasteiger partial charge is 0.263 e. The van der Waals surface area contributed by atoms with E-state index in [2.05, 4.69) is 11.9 Å². The summed E-state index contributed by atoms with van der Waals surface area (Å²) in [7, 11) is 0. The second-order valence-electron chi connectivity index (χ2n) is 7.81. The summed E-state index contributed by atoms with van der Waals surface area (Å²) in [6, 6.07) is 6.78. The van der Waals surface area contributed by atoms with Crippen molar-refractivity contribution in [2.24, 2.45) is 0 Å². The van der Waals surface area contributed by atoms with Gasteiger partial charge in [-0.2, -0.15) is 0 Å². The summed E-state index contributed by atoms with van der Waals surface area (Å²) in [5, 5.41) is 4.10. The number of allylic oxidation sites excluding steroid dienone is 1. The zero-order valence-corrected chi connectivity index (χ0v) is 19.6. The number of benzene rings is 1. The lowest BCUT2D eigenvalue weighted by Gasteiger charge is -2.11. The zero-order chi connectivity index (χ0) is 22.7. The molecule has 0 bridgehead atoms. The number of amides is 1. The normalized spacial score (nSPS) is 13.4. The maximum atomic E-state index is 13.3. The summed E-state index contributed by atoms with van der Waals surface area (Å²) >= 11 is 2.86. The van der Waals surface area contributed by atoms with Crippen molar-refractivity contribution in [1.29, 1.82) is 0 Å². The summed E-state index contributed by atoms with van der Waals surface area (Å²) in [6.07, 6.45) is 7.06. The minimum absolute atomic E-state index is 0.0223. The van der Waals surface area contributed by atoms with E-state index in [1.165, 1.54) is 35.5 Å². The molecule has 2 heterocycles. The van der Waals surface area contributed by atoms with Gasteiger partial charge in [0.15, 0.2) is 10.9 Å². The average Bonchev–Trinajstić information content (AvgIpc) is 2.96. The molecule has 1 aliphatic rings. The molecular weight excluding hydrogens is 442 g/mol. The molecule has 0 saturated heterocycles. The van der Waals surface area contributed by atoms with Gasteiger partial charge in [-0.05, 0) is 62.4 Å². The molecule has 0 fully saturated rings. The van der Waals surface area contributed by atoms with Gasteiger partial charge in [0, 0.05) is 22.7 Å². The largest absolute Gasteiger partial charge is 0.325 e. The predicted octanol–water partition coefficient (Wildman–Crippen LogP) is 4.85. The number of nitrogens with one attached hydrogen (secondary N) is 1. The molecule has 6 nitrogen and oxygen atoms in total. The molecule has 0 atom stereocenters. The number of nitrogens with zero attached hydrogens (tertiary/aromatic N) is 2. The monoisotopic (exact) mass is 467 g/mol. The molecule has 166 valence electrons. The third-order valence-corrected chi connectivity index (χ3v) is 7.67. The quantitative estimate of drug-likeness (QED) is 0.177. The van der Waals surface area contributed by atoms with E-state index in [9.17, 15) is 14.4 Å². The second kappa shape index (κ2) is 9.83. The van der Waals surface area contributed by atoms with Crippen LogP contribution < -0.4 is 10.9 Å². The van der Waals surface area contributed by atoms with Crippen LogP contribution in [0.25, 0.3) is 10.2 Å². The number of rotatable bonds is 7. The van der Waals surface area contributed by atoms with Crippen LogP contribution >= 0.6 is 23.1 Å². The maximum absolute atomic E-state index is 13.3. The number of hydrogen-bond donors (Lipinski definition) is 1. The number of thiophene rings is 1. The molecule has 0 radical (unpaired) electrons. The molecule has 2 aromatic heterocycles. The number of fused-ring (bicyclic) bond motifs is 3. The minimum atomic E-state index is -0.202. The summed E-state index contributed by atoms with van der Waals surface area (Å²) in [5.74, 6) is -0.104. The molecule has 4 rings (SSSR count). The molecule has 32 heavy (non-hydrogen) atoms. The summed E-state index contributed by atoms with van der Waals surface area (Å²) in [4.78, 5) is 44.1. The number of aryl methyl sites for hydroxylation is 2. The fraction of sp³-hybridized carbons (Fsp3) is 0.333. The summed E-state index contributed by atoms with van der Waals surface area (Å²) in [5.41, 5.74) is 2.34. The minimum Gasteiger partial charge on any atom is -0.325 e. The van der Waals surface area contributed by atoms with Crippen LogP contribution in [0, 0.1) is 0 Å². The van der Waals surface area contributed by atoms with Crippen molar-refractivity contribution >= 4 is 50.7 Å². The first kappa shape index (κ1) is 22.5. The molecule has 0 unspecified atom stereocenters. The number of carbonyl (C=O) groups is 2. The van der Waals surface area contributed by atoms with Crippen molar-refractivity contribution in [3.05, 3.63) is 63.3 Å². The van der Waals surface area contributed by atoms with Gasteiger partial charge >= 0.3 is 0 Å². The van der Waals surface area contributed by atoms with Crippen LogP contribution in [0.2, 0.25) is 0 Å². The molecule has 3 aromatic rings. The van der Waals surface area contributed by atoms with Gasteiger partial charge < -0.3 is 5.32 Å². The highest BCUT2D eigenvalue weighted by Crippen LogP contribution is 2.34. The third kappa shape index (κ3) is 4.71. The van der Waals surface area contributed by atoms with Crippen LogP contribution in [0.1, 0.15) is 47.0 Å². The fourth-order valence-electron chi connectivity index (χ4n) is 3.91. The Kier molecular flexibility index (Phi) is 6.91. The number of aromatic nitrogens is 2. The lowest BCUT2D eigenvalue weighted by molar-refractivity contribution is -0.113. The number of carbonyl (C=O) groups excluding carboxylic acids is 2. The van der Waals surface area contributed by atoms with E-state index in [1.54, 1.807) is 46.2 Å². The zero-order valence-electron chi connectivity index (χ0n) is 18.0. The van der Waals surface area contributed by atoms with Crippen LogP contribution in [0.3, 0.4) is 0 Å². The molecule has 0 aliphatic heterocycles. The maximum Gasteiger partial charge on any atom is 0.263 e. The highest BCUT2D eigenvalue weighted by molar-refractivity contribution is 7.99. The average molecular weight is 468 g/mol.